The normalized spacial score (nSPS) is 23.2. The minimum absolute atomic E-state index is 0.0296. The molecule has 0 fully saturated rings. The summed E-state index contributed by atoms with van der Waals surface area (Å²) < 4.78 is 42.8. The van der Waals surface area contributed by atoms with Crippen molar-refractivity contribution < 1.29 is 27.8 Å². The van der Waals surface area contributed by atoms with Crippen LogP contribution in [0.1, 0.15) is 19.3 Å². The van der Waals surface area contributed by atoms with E-state index in [1.807, 2.05) is 0 Å². The van der Waals surface area contributed by atoms with Crippen molar-refractivity contribution in [3.8, 4) is 0 Å². The zero-order valence-electron chi connectivity index (χ0n) is 9.90. The van der Waals surface area contributed by atoms with Crippen LogP contribution in [0.4, 0.5) is 13.2 Å². The maximum Gasteiger partial charge on any atom is 0.438 e. The number of nitrogens with zero attached hydrogens (tertiary/aromatic N) is 2. The number of hydrogen-bond donors (Lipinski definition) is 2. The Balaban J connectivity index is 2.87. The van der Waals surface area contributed by atoms with Gasteiger partial charge in [-0.1, -0.05) is 0 Å². The molecule has 1 rings (SSSR count). The summed E-state index contributed by atoms with van der Waals surface area (Å²) in [5, 5.41) is 12.6. The van der Waals surface area contributed by atoms with Crippen molar-refractivity contribution in [2.75, 3.05) is 7.11 Å². The van der Waals surface area contributed by atoms with Gasteiger partial charge >= 0.3 is 12.1 Å². The predicted octanol–water partition coefficient (Wildman–Crippen LogP) is 0.496. The van der Waals surface area contributed by atoms with Crippen molar-refractivity contribution in [3.05, 3.63) is 0 Å². The molecule has 0 aliphatic carbocycles. The molecule has 0 radical (unpaired) electrons. The van der Waals surface area contributed by atoms with Gasteiger partial charge in [0.1, 0.15) is 0 Å². The molecule has 0 amide bonds. The van der Waals surface area contributed by atoms with Crippen LogP contribution >= 0.6 is 12.2 Å². The summed E-state index contributed by atoms with van der Waals surface area (Å²) in [5.74, 6) is -0.591. The van der Waals surface area contributed by atoms with E-state index in [0.29, 0.717) is 0 Å². The average Bonchev–Trinajstić information content (AvgIpc) is 2.64. The van der Waals surface area contributed by atoms with Gasteiger partial charge in [-0.3, -0.25) is 4.79 Å². The summed E-state index contributed by atoms with van der Waals surface area (Å²) in [4.78, 5) is 10.9. The van der Waals surface area contributed by atoms with Crippen LogP contribution in [-0.4, -0.2) is 45.9 Å². The van der Waals surface area contributed by atoms with Crippen LogP contribution in [-0.2, 0) is 9.53 Å². The Morgan fingerprint density at radius 2 is 2.26 bits per heavy atom. The third-order valence-corrected chi connectivity index (χ3v) is 2.72. The quantitative estimate of drug-likeness (QED) is 0.583. The highest BCUT2D eigenvalue weighted by Gasteiger charge is 2.62. The number of carbonyl (C=O) groups is 1. The van der Waals surface area contributed by atoms with Gasteiger partial charge in [0.2, 0.25) is 0 Å². The predicted molar refractivity (Wildman–Crippen MR) is 62.9 cm³/mol. The summed E-state index contributed by atoms with van der Waals surface area (Å²) in [6.07, 6.45) is -6.02. The van der Waals surface area contributed by atoms with E-state index < -0.39 is 29.4 Å². The molecular weight excluding hydrogens is 287 g/mol. The molecule has 1 atom stereocenters. The summed E-state index contributed by atoms with van der Waals surface area (Å²) in [6.45, 7) is 0. The lowest BCUT2D eigenvalue weighted by Crippen LogP contribution is -2.57. The SMILES string of the molecule is COC(=O)CCC1=NN(C(N)=S)[C@@](O)(C(F)(F)F)C1. The van der Waals surface area contributed by atoms with Gasteiger partial charge in [-0.25, -0.2) is 0 Å². The number of hydrogen-bond acceptors (Lipinski definition) is 5. The molecule has 0 spiro atoms. The first-order valence-electron chi connectivity index (χ1n) is 5.13. The minimum Gasteiger partial charge on any atom is -0.469 e. The van der Waals surface area contributed by atoms with Crippen molar-refractivity contribution in [3.63, 3.8) is 0 Å². The standard InChI is InChI=1S/C9H12F3N3O3S/c1-18-6(16)3-2-5-4-8(17,9(10,11)12)15(14-5)7(13)19/h17H,2-4H2,1H3,(H2,13,19)/t8-/m0/s1. The highest BCUT2D eigenvalue weighted by atomic mass is 32.1. The van der Waals surface area contributed by atoms with E-state index >= 15 is 0 Å². The first kappa shape index (κ1) is 15.6. The van der Waals surface area contributed by atoms with Crippen LogP contribution in [0.15, 0.2) is 5.10 Å². The number of aliphatic hydroxyl groups is 1. The summed E-state index contributed by atoms with van der Waals surface area (Å²) in [5.41, 5.74) is 1.82. The lowest BCUT2D eigenvalue weighted by Gasteiger charge is -2.32. The summed E-state index contributed by atoms with van der Waals surface area (Å²) in [7, 11) is 1.16. The van der Waals surface area contributed by atoms with E-state index in [1.54, 1.807) is 0 Å². The van der Waals surface area contributed by atoms with Crippen LogP contribution in [0.2, 0.25) is 0 Å². The van der Waals surface area contributed by atoms with Crippen LogP contribution < -0.4 is 5.73 Å². The zero-order valence-corrected chi connectivity index (χ0v) is 10.7. The van der Waals surface area contributed by atoms with E-state index in [9.17, 15) is 23.1 Å². The molecule has 1 aliphatic rings. The monoisotopic (exact) mass is 299 g/mol. The number of esters is 1. The Bertz CT molecular complexity index is 427. The number of nitrogens with two attached hydrogens (primary N) is 1. The third kappa shape index (κ3) is 3.13. The first-order valence-corrected chi connectivity index (χ1v) is 5.54. The highest BCUT2D eigenvalue weighted by Crippen LogP contribution is 2.40. The number of carbonyl (C=O) groups excluding carboxylic acids is 1. The Morgan fingerprint density at radius 3 is 2.63 bits per heavy atom. The van der Waals surface area contributed by atoms with E-state index in [2.05, 4.69) is 22.1 Å². The van der Waals surface area contributed by atoms with Crippen molar-refractivity contribution in [2.45, 2.75) is 31.2 Å². The smallest absolute Gasteiger partial charge is 0.438 e. The second-order valence-corrected chi connectivity index (χ2v) is 4.30. The second-order valence-electron chi connectivity index (χ2n) is 3.88. The van der Waals surface area contributed by atoms with Gasteiger partial charge in [0.25, 0.3) is 5.72 Å². The molecular formula is C9H12F3N3O3S. The number of halogens is 3. The van der Waals surface area contributed by atoms with E-state index in [0.717, 1.165) is 7.11 Å². The Morgan fingerprint density at radius 1 is 1.68 bits per heavy atom. The number of alkyl halides is 3. The topological polar surface area (TPSA) is 88.2 Å². The van der Waals surface area contributed by atoms with Crippen LogP contribution in [0.3, 0.4) is 0 Å². The molecule has 0 bridgehead atoms. The van der Waals surface area contributed by atoms with E-state index in [1.165, 1.54) is 0 Å². The number of hydrazone groups is 1. The lowest BCUT2D eigenvalue weighted by molar-refractivity contribution is -0.294. The van der Waals surface area contributed by atoms with Crippen LogP contribution in [0.5, 0.6) is 0 Å². The van der Waals surface area contributed by atoms with Gasteiger partial charge in [-0.2, -0.15) is 23.3 Å². The zero-order chi connectivity index (χ0) is 14.8. The number of ether oxygens (including phenoxy) is 1. The van der Waals surface area contributed by atoms with Gasteiger partial charge < -0.3 is 15.6 Å². The number of methoxy groups -OCH3 is 1. The fraction of sp³-hybridized carbons (Fsp3) is 0.667. The maximum absolute atomic E-state index is 12.8. The third-order valence-electron chi connectivity index (χ3n) is 2.55. The van der Waals surface area contributed by atoms with Gasteiger partial charge in [0.15, 0.2) is 5.11 Å². The lowest BCUT2D eigenvalue weighted by atomic mass is 10.0. The molecule has 0 saturated carbocycles. The van der Waals surface area contributed by atoms with Gasteiger partial charge in [-0.05, 0) is 18.6 Å². The minimum atomic E-state index is -4.98. The maximum atomic E-state index is 12.8. The fourth-order valence-corrected chi connectivity index (χ4v) is 1.75. The van der Waals surface area contributed by atoms with Crippen molar-refractivity contribution >= 4 is 29.0 Å². The Labute approximate surface area is 112 Å². The van der Waals surface area contributed by atoms with Gasteiger partial charge in [0, 0.05) is 12.1 Å². The number of rotatable bonds is 3. The van der Waals surface area contributed by atoms with Gasteiger partial charge in [0.05, 0.1) is 13.5 Å². The molecule has 6 nitrogen and oxygen atoms in total. The fourth-order valence-electron chi connectivity index (χ4n) is 1.56. The molecule has 10 heteroatoms. The first-order chi connectivity index (χ1) is 8.61. The van der Waals surface area contributed by atoms with Crippen LogP contribution in [0.25, 0.3) is 0 Å². The molecule has 0 aromatic heterocycles. The van der Waals surface area contributed by atoms with Gasteiger partial charge in [-0.15, -0.1) is 0 Å². The largest absolute Gasteiger partial charge is 0.469 e. The van der Waals surface area contributed by atoms with Crippen molar-refractivity contribution in [1.82, 2.24) is 5.01 Å². The Hall–Kier alpha value is -1.42. The summed E-state index contributed by atoms with van der Waals surface area (Å²) >= 11 is 4.43. The molecule has 0 saturated heterocycles. The molecule has 0 aromatic rings. The molecule has 3 N–H and O–H groups in total. The molecule has 1 heterocycles. The Kier molecular flexibility index (Phi) is 4.35. The molecule has 0 aromatic carbocycles. The molecule has 19 heavy (non-hydrogen) atoms. The van der Waals surface area contributed by atoms with Crippen molar-refractivity contribution in [2.24, 2.45) is 10.8 Å². The summed E-state index contributed by atoms with van der Waals surface area (Å²) in [6, 6.07) is 0. The number of thiocarbonyl (C=S) groups is 1. The second kappa shape index (κ2) is 5.29. The molecule has 0 unspecified atom stereocenters. The average molecular weight is 299 g/mol. The molecule has 108 valence electrons. The highest BCUT2D eigenvalue weighted by molar-refractivity contribution is 7.80. The van der Waals surface area contributed by atoms with Crippen LogP contribution in [0, 0.1) is 0 Å². The van der Waals surface area contributed by atoms with E-state index in [-0.39, 0.29) is 23.6 Å². The molecule has 1 aliphatic heterocycles. The van der Waals surface area contributed by atoms with Crippen molar-refractivity contribution in [1.29, 1.82) is 0 Å². The van der Waals surface area contributed by atoms with E-state index in [4.69, 9.17) is 5.73 Å².